The molecule has 27 heavy (non-hydrogen) atoms. The summed E-state index contributed by atoms with van der Waals surface area (Å²) in [5.74, 6) is 0.145. The number of ketones is 1. The Balaban J connectivity index is 1.60. The minimum Gasteiger partial charge on any atom is -0.367 e. The Labute approximate surface area is 160 Å². The van der Waals surface area contributed by atoms with Gasteiger partial charge in [-0.15, -0.1) is 0 Å². The smallest absolute Gasteiger partial charge is 0.224 e. The fourth-order valence-corrected chi connectivity index (χ4v) is 3.82. The number of anilines is 1. The van der Waals surface area contributed by atoms with E-state index in [0.717, 1.165) is 30.2 Å². The molecule has 7 heteroatoms. The van der Waals surface area contributed by atoms with Crippen molar-refractivity contribution in [1.29, 1.82) is 0 Å². The molecule has 1 saturated heterocycles. The molecule has 2 aromatic heterocycles. The molecule has 0 radical (unpaired) electrons. The van der Waals surface area contributed by atoms with Crippen LogP contribution in [0.5, 0.6) is 0 Å². The molecule has 144 valence electrons. The number of aryl methyl sites for hydroxylation is 1. The summed E-state index contributed by atoms with van der Waals surface area (Å²) in [4.78, 5) is 32.9. The van der Waals surface area contributed by atoms with Crippen molar-refractivity contribution in [2.45, 2.75) is 40.2 Å². The Kier molecular flexibility index (Phi) is 5.58. The van der Waals surface area contributed by atoms with Crippen molar-refractivity contribution in [2.75, 3.05) is 31.1 Å². The Morgan fingerprint density at radius 1 is 1.19 bits per heavy atom. The second-order valence-electron chi connectivity index (χ2n) is 7.18. The molecule has 1 fully saturated rings. The molecule has 1 aliphatic rings. The van der Waals surface area contributed by atoms with Crippen LogP contribution in [0.25, 0.3) is 0 Å². The van der Waals surface area contributed by atoms with Gasteiger partial charge in [-0.2, -0.15) is 5.10 Å². The van der Waals surface area contributed by atoms with Crippen LogP contribution in [0, 0.1) is 13.8 Å². The van der Waals surface area contributed by atoms with Crippen molar-refractivity contribution in [1.82, 2.24) is 19.7 Å². The minimum absolute atomic E-state index is 0.0151. The van der Waals surface area contributed by atoms with Gasteiger partial charge in [-0.3, -0.25) is 19.3 Å². The second kappa shape index (κ2) is 7.90. The second-order valence-corrected chi connectivity index (χ2v) is 7.18. The molecule has 0 N–H and O–H groups in total. The quantitative estimate of drug-likeness (QED) is 0.757. The molecule has 0 saturated carbocycles. The van der Waals surface area contributed by atoms with Crippen LogP contribution in [-0.2, 0) is 4.79 Å². The molecule has 0 bridgehead atoms. The molecule has 1 amide bonds. The van der Waals surface area contributed by atoms with Gasteiger partial charge in [0.15, 0.2) is 5.78 Å². The van der Waals surface area contributed by atoms with Gasteiger partial charge in [0.1, 0.15) is 0 Å². The summed E-state index contributed by atoms with van der Waals surface area (Å²) in [6, 6.07) is 3.89. The van der Waals surface area contributed by atoms with E-state index in [-0.39, 0.29) is 17.7 Å². The highest BCUT2D eigenvalue weighted by Crippen LogP contribution is 2.21. The summed E-state index contributed by atoms with van der Waals surface area (Å²) in [6.07, 6.45) is 4.00. The highest BCUT2D eigenvalue weighted by Gasteiger charge is 2.25. The van der Waals surface area contributed by atoms with Crippen molar-refractivity contribution in [3.8, 4) is 0 Å². The molecule has 3 heterocycles. The number of Topliss-reactive ketones (excluding diaryl/α,β-unsaturated/α-hetero) is 1. The number of aromatic nitrogens is 3. The van der Waals surface area contributed by atoms with Gasteiger partial charge in [0.25, 0.3) is 0 Å². The van der Waals surface area contributed by atoms with E-state index in [4.69, 9.17) is 0 Å². The monoisotopic (exact) mass is 369 g/mol. The van der Waals surface area contributed by atoms with E-state index >= 15 is 0 Å². The molecule has 0 aliphatic carbocycles. The lowest BCUT2D eigenvalue weighted by molar-refractivity contribution is -0.132. The van der Waals surface area contributed by atoms with Gasteiger partial charge < -0.3 is 9.80 Å². The zero-order valence-electron chi connectivity index (χ0n) is 16.5. The molecule has 0 aromatic carbocycles. The summed E-state index contributed by atoms with van der Waals surface area (Å²) in [5.41, 5.74) is 3.32. The third kappa shape index (κ3) is 4.02. The maximum absolute atomic E-state index is 12.7. The lowest BCUT2D eigenvalue weighted by Crippen LogP contribution is -2.49. The number of hydrogen-bond acceptors (Lipinski definition) is 5. The maximum atomic E-state index is 12.7. The van der Waals surface area contributed by atoms with Gasteiger partial charge in [0.05, 0.1) is 29.2 Å². The highest BCUT2D eigenvalue weighted by molar-refractivity contribution is 5.96. The van der Waals surface area contributed by atoms with E-state index in [0.29, 0.717) is 25.1 Å². The molecule has 0 unspecified atom stereocenters. The van der Waals surface area contributed by atoms with E-state index in [1.807, 2.05) is 48.7 Å². The predicted molar refractivity (Wildman–Crippen MR) is 104 cm³/mol. The number of amides is 1. The standard InChI is InChI=1S/C20H27N5O2/c1-14(25-16(3)20(17(4)26)15(2)22-25)12-19(27)24-10-8-23(9-11-24)18-6-5-7-21-13-18/h5-7,13-14H,8-12H2,1-4H3/t14-/m1/s1. The Morgan fingerprint density at radius 3 is 2.44 bits per heavy atom. The summed E-state index contributed by atoms with van der Waals surface area (Å²) in [7, 11) is 0. The Bertz CT molecular complexity index is 822. The van der Waals surface area contributed by atoms with Crippen molar-refractivity contribution in [3.05, 3.63) is 41.5 Å². The Hall–Kier alpha value is -2.70. The van der Waals surface area contributed by atoms with Crippen LogP contribution < -0.4 is 4.90 Å². The summed E-state index contributed by atoms with van der Waals surface area (Å²) < 4.78 is 1.82. The summed E-state index contributed by atoms with van der Waals surface area (Å²) in [5, 5.41) is 4.49. The number of pyridine rings is 1. The third-order valence-corrected chi connectivity index (χ3v) is 5.21. The number of carbonyl (C=O) groups excluding carboxylic acids is 2. The van der Waals surface area contributed by atoms with Crippen LogP contribution in [0.15, 0.2) is 24.5 Å². The summed E-state index contributed by atoms with van der Waals surface area (Å²) in [6.45, 7) is 10.3. The summed E-state index contributed by atoms with van der Waals surface area (Å²) >= 11 is 0. The average molecular weight is 369 g/mol. The number of piperazine rings is 1. The Morgan fingerprint density at radius 2 is 1.89 bits per heavy atom. The third-order valence-electron chi connectivity index (χ3n) is 5.21. The SMILES string of the molecule is CC(=O)c1c(C)nn([C@H](C)CC(=O)N2CCN(c3cccnc3)CC2)c1C. The zero-order valence-corrected chi connectivity index (χ0v) is 16.5. The fraction of sp³-hybridized carbons (Fsp3) is 0.500. The largest absolute Gasteiger partial charge is 0.367 e. The van der Waals surface area contributed by atoms with Crippen LogP contribution in [0.1, 0.15) is 48.1 Å². The van der Waals surface area contributed by atoms with Gasteiger partial charge in [-0.05, 0) is 39.8 Å². The minimum atomic E-state index is -0.0827. The molecular formula is C20H27N5O2. The van der Waals surface area contributed by atoms with Gasteiger partial charge in [0.2, 0.25) is 5.91 Å². The first kappa shape index (κ1) is 19.1. The van der Waals surface area contributed by atoms with Crippen molar-refractivity contribution in [2.24, 2.45) is 0 Å². The molecule has 1 aliphatic heterocycles. The number of nitrogens with zero attached hydrogens (tertiary/aromatic N) is 5. The lowest BCUT2D eigenvalue weighted by atomic mass is 10.1. The van der Waals surface area contributed by atoms with Crippen LogP contribution in [-0.4, -0.2) is 57.5 Å². The van der Waals surface area contributed by atoms with Gasteiger partial charge in [-0.1, -0.05) is 0 Å². The van der Waals surface area contributed by atoms with Crippen LogP contribution in [0.4, 0.5) is 5.69 Å². The molecule has 1 atom stereocenters. The lowest BCUT2D eigenvalue weighted by Gasteiger charge is -2.36. The zero-order chi connectivity index (χ0) is 19.6. The highest BCUT2D eigenvalue weighted by atomic mass is 16.2. The van der Waals surface area contributed by atoms with Crippen LogP contribution in [0.3, 0.4) is 0 Å². The predicted octanol–water partition coefficient (Wildman–Crippen LogP) is 2.40. The normalized spacial score (nSPS) is 15.7. The van der Waals surface area contributed by atoms with E-state index in [9.17, 15) is 9.59 Å². The first-order chi connectivity index (χ1) is 12.9. The van der Waals surface area contributed by atoms with Crippen molar-refractivity contribution in [3.63, 3.8) is 0 Å². The molecule has 7 nitrogen and oxygen atoms in total. The van der Waals surface area contributed by atoms with Gasteiger partial charge in [0, 0.05) is 44.5 Å². The van der Waals surface area contributed by atoms with Crippen LogP contribution in [0.2, 0.25) is 0 Å². The molecule has 3 rings (SSSR count). The average Bonchev–Trinajstić information content (AvgIpc) is 2.97. The van der Waals surface area contributed by atoms with Gasteiger partial charge >= 0.3 is 0 Å². The van der Waals surface area contributed by atoms with Crippen molar-refractivity contribution >= 4 is 17.4 Å². The number of rotatable bonds is 5. The van der Waals surface area contributed by atoms with E-state index in [1.165, 1.54) is 0 Å². The number of carbonyl (C=O) groups is 2. The topological polar surface area (TPSA) is 71.3 Å². The maximum Gasteiger partial charge on any atom is 0.224 e. The van der Waals surface area contributed by atoms with Gasteiger partial charge in [-0.25, -0.2) is 0 Å². The molecule has 0 spiro atoms. The van der Waals surface area contributed by atoms with E-state index < -0.39 is 0 Å². The number of hydrogen-bond donors (Lipinski definition) is 0. The molecular weight excluding hydrogens is 342 g/mol. The van der Waals surface area contributed by atoms with Crippen LogP contribution >= 0.6 is 0 Å². The molecule has 2 aromatic rings. The first-order valence-corrected chi connectivity index (χ1v) is 9.38. The first-order valence-electron chi connectivity index (χ1n) is 9.38. The van der Waals surface area contributed by atoms with E-state index in [2.05, 4.69) is 15.0 Å². The fourth-order valence-electron chi connectivity index (χ4n) is 3.82. The van der Waals surface area contributed by atoms with E-state index in [1.54, 1.807) is 13.1 Å². The van der Waals surface area contributed by atoms with Crippen molar-refractivity contribution < 1.29 is 9.59 Å².